The average Bonchev–Trinajstić information content (AvgIpc) is 2.45. The van der Waals surface area contributed by atoms with Gasteiger partial charge in [-0.05, 0) is 12.1 Å². The van der Waals surface area contributed by atoms with Crippen molar-refractivity contribution in [1.29, 1.82) is 0 Å². The minimum atomic E-state index is -0.943. The summed E-state index contributed by atoms with van der Waals surface area (Å²) in [6.45, 7) is 0. The Kier molecular flexibility index (Phi) is 3.51. The molecule has 0 aliphatic carbocycles. The van der Waals surface area contributed by atoms with Gasteiger partial charge in [-0.3, -0.25) is 0 Å². The number of nitrogens with zero attached hydrogens (tertiary/aromatic N) is 1. The van der Waals surface area contributed by atoms with Gasteiger partial charge in [0, 0.05) is 11.5 Å². The van der Waals surface area contributed by atoms with E-state index in [-0.39, 0.29) is 10.9 Å². The van der Waals surface area contributed by atoms with Gasteiger partial charge in [0.15, 0.2) is 5.69 Å². The van der Waals surface area contributed by atoms with Gasteiger partial charge >= 0.3 is 11.9 Å². The van der Waals surface area contributed by atoms with Crippen molar-refractivity contribution in [2.45, 2.75) is 0 Å². The highest BCUT2D eigenvalue weighted by Crippen LogP contribution is 2.31. The highest BCUT2D eigenvalue weighted by molar-refractivity contribution is 6.08. The highest BCUT2D eigenvalue weighted by Gasteiger charge is 2.26. The number of esters is 2. The fourth-order valence-electron chi connectivity index (χ4n) is 1.76. The Bertz CT molecular complexity index is 713. The zero-order valence-electron chi connectivity index (χ0n) is 10.6. The molecule has 0 atom stereocenters. The van der Waals surface area contributed by atoms with E-state index >= 15 is 0 Å². The second kappa shape index (κ2) is 5.12. The van der Waals surface area contributed by atoms with Gasteiger partial charge < -0.3 is 14.6 Å². The lowest BCUT2D eigenvalue weighted by Gasteiger charge is -2.10. The molecule has 2 aromatic rings. The maximum Gasteiger partial charge on any atom is 0.357 e. The summed E-state index contributed by atoms with van der Waals surface area (Å²) in [7, 11) is 2.19. The Hall–Kier alpha value is -2.70. The van der Waals surface area contributed by atoms with Crippen LogP contribution in [0, 0.1) is 5.82 Å². The molecule has 0 aliphatic rings. The summed E-state index contributed by atoms with van der Waals surface area (Å²) in [5, 5.41) is 10.2. The number of carbonyl (C=O) groups excluding carboxylic acids is 2. The molecule has 0 saturated heterocycles. The van der Waals surface area contributed by atoms with Crippen LogP contribution in [0.1, 0.15) is 20.8 Å². The van der Waals surface area contributed by atoms with Crippen LogP contribution < -0.4 is 0 Å². The van der Waals surface area contributed by atoms with E-state index in [9.17, 15) is 19.1 Å². The van der Waals surface area contributed by atoms with Crippen LogP contribution in [0.4, 0.5) is 4.39 Å². The summed E-state index contributed by atoms with van der Waals surface area (Å²) in [4.78, 5) is 27.2. The van der Waals surface area contributed by atoms with Crippen LogP contribution in [0.3, 0.4) is 0 Å². The fraction of sp³-hybridized carbons (Fsp3) is 0.154. The van der Waals surface area contributed by atoms with E-state index in [2.05, 4.69) is 14.5 Å². The van der Waals surface area contributed by atoms with E-state index in [0.29, 0.717) is 0 Å². The minimum Gasteiger partial charge on any atom is -0.506 e. The molecule has 104 valence electrons. The van der Waals surface area contributed by atoms with E-state index in [0.717, 1.165) is 26.4 Å². The first-order valence-corrected chi connectivity index (χ1v) is 5.48. The molecule has 0 radical (unpaired) electrons. The lowest BCUT2D eigenvalue weighted by atomic mass is 10.1. The topological polar surface area (TPSA) is 85.7 Å². The molecule has 1 aromatic carbocycles. The van der Waals surface area contributed by atoms with Gasteiger partial charge in [0.25, 0.3) is 0 Å². The zero-order chi connectivity index (χ0) is 14.9. The van der Waals surface area contributed by atoms with Crippen molar-refractivity contribution in [3.05, 3.63) is 35.3 Å². The molecule has 0 amide bonds. The Balaban J connectivity index is 2.86. The molecular weight excluding hydrogens is 269 g/mol. The van der Waals surface area contributed by atoms with Crippen LogP contribution in [-0.2, 0) is 9.47 Å². The summed E-state index contributed by atoms with van der Waals surface area (Å²) < 4.78 is 22.2. The van der Waals surface area contributed by atoms with E-state index in [4.69, 9.17) is 0 Å². The quantitative estimate of drug-likeness (QED) is 0.841. The molecule has 1 heterocycles. The standard InChI is InChI=1S/C13H10FNO5/c1-19-12(17)9-10(13(18)20-2)15-8-5-6(14)3-4-7(8)11(9)16/h3-5H,1-2H3,(H,15,16). The van der Waals surface area contributed by atoms with Crippen LogP contribution in [0.15, 0.2) is 18.2 Å². The van der Waals surface area contributed by atoms with Gasteiger partial charge in [0.1, 0.15) is 17.1 Å². The van der Waals surface area contributed by atoms with E-state index in [1.54, 1.807) is 0 Å². The number of carbonyl (C=O) groups is 2. The third-order valence-electron chi connectivity index (χ3n) is 2.69. The number of aromatic nitrogens is 1. The largest absolute Gasteiger partial charge is 0.506 e. The van der Waals surface area contributed by atoms with Crippen LogP contribution in [0.25, 0.3) is 10.9 Å². The number of hydrogen-bond acceptors (Lipinski definition) is 6. The molecule has 0 fully saturated rings. The van der Waals surface area contributed by atoms with Gasteiger partial charge in [-0.15, -0.1) is 0 Å². The Morgan fingerprint density at radius 2 is 1.85 bits per heavy atom. The molecule has 20 heavy (non-hydrogen) atoms. The normalized spacial score (nSPS) is 10.3. The molecule has 6 nitrogen and oxygen atoms in total. The monoisotopic (exact) mass is 279 g/mol. The lowest BCUT2D eigenvalue weighted by Crippen LogP contribution is -2.14. The Morgan fingerprint density at radius 1 is 1.20 bits per heavy atom. The SMILES string of the molecule is COC(=O)c1nc2cc(F)ccc2c(O)c1C(=O)OC. The number of rotatable bonds is 2. The summed E-state index contributed by atoms with van der Waals surface area (Å²) in [6.07, 6.45) is 0. The summed E-state index contributed by atoms with van der Waals surface area (Å²) in [6, 6.07) is 3.38. The van der Waals surface area contributed by atoms with Crippen molar-refractivity contribution in [2.75, 3.05) is 14.2 Å². The summed E-state index contributed by atoms with van der Waals surface area (Å²) >= 11 is 0. The molecule has 0 bridgehead atoms. The number of fused-ring (bicyclic) bond motifs is 1. The number of hydrogen-bond donors (Lipinski definition) is 1. The van der Waals surface area contributed by atoms with Crippen molar-refractivity contribution >= 4 is 22.8 Å². The molecule has 0 spiro atoms. The van der Waals surface area contributed by atoms with Gasteiger partial charge in [0.2, 0.25) is 0 Å². The predicted molar refractivity (Wildman–Crippen MR) is 66.0 cm³/mol. The Labute approximate surface area is 112 Å². The summed E-state index contributed by atoms with van der Waals surface area (Å²) in [5.41, 5.74) is -0.830. The van der Waals surface area contributed by atoms with Crippen LogP contribution in [0.2, 0.25) is 0 Å². The molecule has 1 N–H and O–H groups in total. The van der Waals surface area contributed by atoms with Crippen molar-refractivity contribution < 1.29 is 28.6 Å². The average molecular weight is 279 g/mol. The van der Waals surface area contributed by atoms with E-state index < -0.39 is 34.8 Å². The van der Waals surface area contributed by atoms with Gasteiger partial charge in [-0.2, -0.15) is 0 Å². The van der Waals surface area contributed by atoms with Crippen LogP contribution in [-0.4, -0.2) is 36.2 Å². The molecule has 2 rings (SSSR count). The second-order valence-electron chi connectivity index (χ2n) is 3.83. The van der Waals surface area contributed by atoms with E-state index in [1.165, 1.54) is 6.07 Å². The number of aromatic hydroxyl groups is 1. The molecule has 0 unspecified atom stereocenters. The Morgan fingerprint density at radius 3 is 2.45 bits per heavy atom. The third kappa shape index (κ3) is 2.13. The molecule has 7 heteroatoms. The van der Waals surface area contributed by atoms with Crippen LogP contribution >= 0.6 is 0 Å². The number of pyridine rings is 1. The zero-order valence-corrected chi connectivity index (χ0v) is 10.6. The molecule has 0 aliphatic heterocycles. The molecule has 0 saturated carbocycles. The number of methoxy groups -OCH3 is 2. The third-order valence-corrected chi connectivity index (χ3v) is 2.69. The highest BCUT2D eigenvalue weighted by atomic mass is 19.1. The van der Waals surface area contributed by atoms with Crippen molar-refractivity contribution in [1.82, 2.24) is 4.98 Å². The summed E-state index contributed by atoms with van der Waals surface area (Å²) in [5.74, 6) is -2.98. The van der Waals surface area contributed by atoms with Crippen molar-refractivity contribution in [3.8, 4) is 5.75 Å². The van der Waals surface area contributed by atoms with Crippen LogP contribution in [0.5, 0.6) is 5.75 Å². The molecule has 1 aromatic heterocycles. The smallest absolute Gasteiger partial charge is 0.357 e. The van der Waals surface area contributed by atoms with Gasteiger partial charge in [-0.25, -0.2) is 19.0 Å². The van der Waals surface area contributed by atoms with Crippen molar-refractivity contribution in [2.24, 2.45) is 0 Å². The van der Waals surface area contributed by atoms with Gasteiger partial charge in [-0.1, -0.05) is 0 Å². The fourth-order valence-corrected chi connectivity index (χ4v) is 1.76. The minimum absolute atomic E-state index is 0.0237. The first kappa shape index (κ1) is 13.7. The maximum absolute atomic E-state index is 13.2. The number of halogens is 1. The molecular formula is C13H10FNO5. The van der Waals surface area contributed by atoms with Gasteiger partial charge in [0.05, 0.1) is 19.7 Å². The maximum atomic E-state index is 13.2. The van der Waals surface area contributed by atoms with Crippen molar-refractivity contribution in [3.63, 3.8) is 0 Å². The lowest BCUT2D eigenvalue weighted by molar-refractivity contribution is 0.0547. The first-order valence-electron chi connectivity index (χ1n) is 5.48. The van der Waals surface area contributed by atoms with E-state index in [1.807, 2.05) is 0 Å². The predicted octanol–water partition coefficient (Wildman–Crippen LogP) is 1.65. The first-order chi connectivity index (χ1) is 9.49. The number of ether oxygens (including phenoxy) is 2. The number of benzene rings is 1. The second-order valence-corrected chi connectivity index (χ2v) is 3.83.